The Hall–Kier alpha value is -3.39. The Morgan fingerprint density at radius 3 is 1.91 bits per heavy atom. The zero-order valence-electron chi connectivity index (χ0n) is 16.7. The number of benzene rings is 3. The predicted octanol–water partition coefficient (Wildman–Crippen LogP) is 6.38. The highest BCUT2D eigenvalue weighted by Crippen LogP contribution is 2.48. The Labute approximate surface area is 184 Å². The monoisotopic (exact) mass is 459 g/mol. The van der Waals surface area contributed by atoms with E-state index >= 15 is 0 Å². The molecule has 0 radical (unpaired) electrons. The van der Waals surface area contributed by atoms with Crippen LogP contribution < -0.4 is 0 Å². The maximum Gasteiger partial charge on any atom is 0.392 e. The second-order valence-electron chi connectivity index (χ2n) is 6.98. The highest BCUT2D eigenvalue weighted by Gasteiger charge is 2.27. The highest BCUT2D eigenvalue weighted by molar-refractivity contribution is 7.50. The van der Waals surface area contributed by atoms with E-state index in [2.05, 4.69) is 29.0 Å². The van der Waals surface area contributed by atoms with E-state index in [-0.39, 0.29) is 16.0 Å². The van der Waals surface area contributed by atoms with Gasteiger partial charge in [0, 0.05) is 21.2 Å². The molecule has 0 N–H and O–H groups in total. The van der Waals surface area contributed by atoms with Crippen molar-refractivity contribution in [3.63, 3.8) is 0 Å². The van der Waals surface area contributed by atoms with Crippen LogP contribution in [0.3, 0.4) is 0 Å². The number of alkyl halides is 3. The van der Waals surface area contributed by atoms with Crippen molar-refractivity contribution in [3.8, 4) is 4.90 Å². The molecule has 8 heteroatoms. The summed E-state index contributed by atoms with van der Waals surface area (Å²) in [7, 11) is -0.302. The minimum absolute atomic E-state index is 0.237. The normalized spacial score (nSPS) is 11.6. The van der Waals surface area contributed by atoms with Gasteiger partial charge in [-0.1, -0.05) is 24.3 Å². The minimum atomic E-state index is -4.42. The number of hydrogen-bond donors (Lipinski definition) is 0. The van der Waals surface area contributed by atoms with Gasteiger partial charge in [0.05, 0.1) is 12.0 Å². The fraction of sp³-hybridized carbons (Fsp3) is 0.167. The summed E-state index contributed by atoms with van der Waals surface area (Å²) in [5, 5.41) is 2.39. The molecule has 1 heterocycles. The van der Waals surface area contributed by atoms with E-state index in [1.54, 1.807) is 12.1 Å². The number of fused-ring (bicyclic) bond motifs is 3. The van der Waals surface area contributed by atoms with Gasteiger partial charge in [0.2, 0.25) is 0 Å². The number of esters is 2. The van der Waals surface area contributed by atoms with Crippen molar-refractivity contribution in [1.29, 1.82) is 0 Å². The van der Waals surface area contributed by atoms with Crippen molar-refractivity contribution < 1.29 is 32.2 Å². The Balaban J connectivity index is 1.47. The van der Waals surface area contributed by atoms with Crippen molar-refractivity contribution in [2.75, 3.05) is 13.2 Å². The molecule has 0 bridgehead atoms. The summed E-state index contributed by atoms with van der Waals surface area (Å²) in [5.74, 6) is -1.78. The molecule has 0 spiro atoms. The maximum atomic E-state index is 12.2. The average Bonchev–Trinajstić information content (AvgIpc) is 3.11. The zero-order valence-corrected chi connectivity index (χ0v) is 17.5. The number of thiophene rings is 1. The van der Waals surface area contributed by atoms with Gasteiger partial charge in [-0.05, 0) is 48.5 Å². The van der Waals surface area contributed by atoms with E-state index < -0.39 is 37.7 Å². The molecule has 1 aromatic heterocycles. The first kappa shape index (κ1) is 21.8. The van der Waals surface area contributed by atoms with Crippen molar-refractivity contribution in [1.82, 2.24) is 0 Å². The van der Waals surface area contributed by atoms with Crippen LogP contribution in [0.15, 0.2) is 72.8 Å². The summed E-state index contributed by atoms with van der Waals surface area (Å²) in [6.45, 7) is -1.55. The van der Waals surface area contributed by atoms with E-state index in [1.165, 1.54) is 20.2 Å². The molecule has 0 unspecified atom stereocenters. The van der Waals surface area contributed by atoms with E-state index in [1.807, 2.05) is 36.4 Å². The van der Waals surface area contributed by atoms with Crippen LogP contribution in [0.25, 0.3) is 25.1 Å². The van der Waals surface area contributed by atoms with Crippen LogP contribution in [-0.2, 0) is 14.3 Å². The van der Waals surface area contributed by atoms with Gasteiger partial charge >= 0.3 is 18.1 Å². The lowest BCUT2D eigenvalue weighted by atomic mass is 10.2. The summed E-state index contributed by atoms with van der Waals surface area (Å²) in [4.78, 5) is 24.7. The molecule has 4 aromatic rings. The summed E-state index contributed by atoms with van der Waals surface area (Å²) in [6, 6.07) is 23.4. The maximum absolute atomic E-state index is 12.2. The summed E-state index contributed by atoms with van der Waals surface area (Å²) >= 11 is 0. The Morgan fingerprint density at radius 2 is 1.34 bits per heavy atom. The van der Waals surface area contributed by atoms with E-state index in [0.717, 1.165) is 4.90 Å². The van der Waals surface area contributed by atoms with Gasteiger partial charge in [0.15, 0.2) is 20.9 Å². The van der Waals surface area contributed by atoms with Crippen molar-refractivity contribution in [2.45, 2.75) is 12.6 Å². The molecule has 0 aliphatic carbocycles. The van der Waals surface area contributed by atoms with Crippen LogP contribution in [0.4, 0.5) is 13.2 Å². The summed E-state index contributed by atoms with van der Waals surface area (Å²) in [5.41, 5.74) is 0.237. The van der Waals surface area contributed by atoms with Crippen LogP contribution in [0.5, 0.6) is 0 Å². The molecule has 164 valence electrons. The second kappa shape index (κ2) is 9.00. The van der Waals surface area contributed by atoms with Crippen LogP contribution in [0.2, 0.25) is 0 Å². The smallest absolute Gasteiger partial charge is 0.392 e. The predicted molar refractivity (Wildman–Crippen MR) is 117 cm³/mol. The topological polar surface area (TPSA) is 52.6 Å². The molecule has 4 nitrogen and oxygen atoms in total. The number of carbonyl (C=O) groups is 2. The van der Waals surface area contributed by atoms with Crippen LogP contribution in [0.1, 0.15) is 16.8 Å². The summed E-state index contributed by atoms with van der Waals surface area (Å²) < 4.78 is 47.9. The zero-order chi connectivity index (χ0) is 22.7. The van der Waals surface area contributed by atoms with Crippen LogP contribution in [-0.4, -0.2) is 31.3 Å². The first-order chi connectivity index (χ1) is 15.3. The lowest BCUT2D eigenvalue weighted by molar-refractivity contribution is -0.161. The number of ether oxygens (including phenoxy) is 2. The lowest BCUT2D eigenvalue weighted by Gasteiger charge is -2.08. The molecular formula is C24H18F3O4S+. The third-order valence-electron chi connectivity index (χ3n) is 4.80. The third kappa shape index (κ3) is 4.75. The third-order valence-corrected chi connectivity index (χ3v) is 7.13. The Morgan fingerprint density at radius 1 is 0.781 bits per heavy atom. The molecule has 0 amide bonds. The van der Waals surface area contributed by atoms with Crippen molar-refractivity contribution >= 4 is 42.6 Å². The van der Waals surface area contributed by atoms with Gasteiger partial charge < -0.3 is 9.47 Å². The van der Waals surface area contributed by atoms with Gasteiger partial charge in [-0.15, -0.1) is 0 Å². The van der Waals surface area contributed by atoms with Gasteiger partial charge in [0.1, 0.15) is 6.61 Å². The van der Waals surface area contributed by atoms with Gasteiger partial charge in [-0.3, -0.25) is 0 Å². The molecule has 0 aliphatic rings. The van der Waals surface area contributed by atoms with Gasteiger partial charge in [-0.2, -0.15) is 13.2 Å². The molecular weight excluding hydrogens is 441 g/mol. The van der Waals surface area contributed by atoms with E-state index in [9.17, 15) is 22.8 Å². The van der Waals surface area contributed by atoms with Crippen molar-refractivity contribution in [3.05, 3.63) is 78.4 Å². The number of halogens is 3. The van der Waals surface area contributed by atoms with Crippen LogP contribution >= 0.6 is 10.5 Å². The number of hydrogen-bond acceptors (Lipinski definition) is 4. The average molecular weight is 459 g/mol. The molecule has 3 aromatic carbocycles. The molecule has 0 fully saturated rings. The van der Waals surface area contributed by atoms with E-state index in [0.29, 0.717) is 0 Å². The fourth-order valence-electron chi connectivity index (χ4n) is 3.36. The quantitative estimate of drug-likeness (QED) is 0.248. The van der Waals surface area contributed by atoms with E-state index in [4.69, 9.17) is 4.74 Å². The fourth-order valence-corrected chi connectivity index (χ4v) is 5.74. The highest BCUT2D eigenvalue weighted by atomic mass is 32.2. The van der Waals surface area contributed by atoms with Crippen LogP contribution in [0, 0.1) is 0 Å². The molecule has 4 rings (SSSR count). The molecule has 0 saturated heterocycles. The minimum Gasteiger partial charge on any atom is -0.463 e. The van der Waals surface area contributed by atoms with Gasteiger partial charge in [0.25, 0.3) is 0 Å². The lowest BCUT2D eigenvalue weighted by Crippen LogP contribution is -2.19. The Bertz CT molecular complexity index is 1220. The molecule has 32 heavy (non-hydrogen) atoms. The van der Waals surface area contributed by atoms with Gasteiger partial charge in [-0.25, -0.2) is 9.59 Å². The largest absolute Gasteiger partial charge is 0.463 e. The standard InChI is InChI=1S/C24H18F3O4S/c25-24(26,27)13-14-30-22(28)15-31-23(29)16-9-11-17(12-10-16)32-20-7-3-1-5-18(20)19-6-2-4-8-21(19)32/h1-12H,13-15H2/q+1. The molecule has 0 atom stereocenters. The molecule has 0 saturated carbocycles. The van der Waals surface area contributed by atoms with Crippen molar-refractivity contribution in [2.24, 2.45) is 0 Å². The SMILES string of the molecule is O=C(COC(=O)c1ccc(-[s+]2c3ccccc3c3ccccc32)cc1)OCCC(F)(F)F. The first-order valence-electron chi connectivity index (χ1n) is 9.76. The number of rotatable bonds is 6. The summed E-state index contributed by atoms with van der Waals surface area (Å²) in [6.07, 6.45) is -5.66. The first-order valence-corrected chi connectivity index (χ1v) is 11.0. The second-order valence-corrected chi connectivity index (χ2v) is 8.95. The molecule has 0 aliphatic heterocycles. The number of carbonyl (C=O) groups excluding carboxylic acids is 2. The Kier molecular flexibility index (Phi) is 6.14.